The Labute approximate surface area is 220 Å². The maximum absolute atomic E-state index is 12.8. The van der Waals surface area contributed by atoms with Crippen LogP contribution in [0.4, 0.5) is 0 Å². The Bertz CT molecular complexity index is 967. The van der Waals surface area contributed by atoms with E-state index in [1.54, 1.807) is 54.5 Å². The Morgan fingerprint density at radius 1 is 0.838 bits per heavy atom. The first-order valence-electron chi connectivity index (χ1n) is 12.7. The molecule has 0 aliphatic rings. The number of esters is 4. The summed E-state index contributed by atoms with van der Waals surface area (Å²) >= 11 is 0. The average Bonchev–Trinajstić information content (AvgIpc) is 2.83. The number of hydrogen-bond acceptors (Lipinski definition) is 9. The van der Waals surface area contributed by atoms with Crippen molar-refractivity contribution in [3.8, 4) is 11.5 Å². The first-order chi connectivity index (χ1) is 17.0. The van der Waals surface area contributed by atoms with Crippen LogP contribution in [0.3, 0.4) is 0 Å². The SMILES string of the molecule is CCC(C)(C)C(=O)Oc1ccc(C[C@H](N)C(=O)OC[C@H](C)OC(=O)C(C)C)cc1OC(=O)C(C)(C)CC. The van der Waals surface area contributed by atoms with Gasteiger partial charge in [-0.05, 0) is 71.6 Å². The smallest absolute Gasteiger partial charge is 0.323 e. The van der Waals surface area contributed by atoms with Gasteiger partial charge in [0, 0.05) is 0 Å². The number of benzene rings is 1. The molecule has 0 bridgehead atoms. The van der Waals surface area contributed by atoms with E-state index in [0.717, 1.165) is 0 Å². The van der Waals surface area contributed by atoms with Crippen molar-refractivity contribution in [2.45, 2.75) is 93.7 Å². The minimum atomic E-state index is -1.02. The van der Waals surface area contributed by atoms with E-state index < -0.39 is 40.9 Å². The van der Waals surface area contributed by atoms with E-state index in [9.17, 15) is 19.2 Å². The number of rotatable bonds is 13. The molecule has 0 radical (unpaired) electrons. The molecule has 0 aromatic heterocycles. The van der Waals surface area contributed by atoms with Crippen molar-refractivity contribution in [3.05, 3.63) is 23.8 Å². The van der Waals surface area contributed by atoms with E-state index >= 15 is 0 Å². The summed E-state index contributed by atoms with van der Waals surface area (Å²) < 4.78 is 21.6. The number of carbonyl (C=O) groups excluding carboxylic acids is 4. The second kappa shape index (κ2) is 13.6. The van der Waals surface area contributed by atoms with Crippen molar-refractivity contribution in [3.63, 3.8) is 0 Å². The molecule has 0 aliphatic heterocycles. The predicted octanol–water partition coefficient (Wildman–Crippen LogP) is 4.37. The van der Waals surface area contributed by atoms with Gasteiger partial charge in [-0.2, -0.15) is 0 Å². The van der Waals surface area contributed by atoms with E-state index in [4.69, 9.17) is 24.7 Å². The summed E-state index contributed by atoms with van der Waals surface area (Å²) in [7, 11) is 0. The molecule has 2 N–H and O–H groups in total. The Kier molecular flexibility index (Phi) is 11.8. The number of hydrogen-bond donors (Lipinski definition) is 1. The van der Waals surface area contributed by atoms with E-state index in [1.807, 2.05) is 13.8 Å². The predicted molar refractivity (Wildman–Crippen MR) is 139 cm³/mol. The summed E-state index contributed by atoms with van der Waals surface area (Å²) in [5, 5.41) is 0. The molecule has 0 unspecified atom stereocenters. The van der Waals surface area contributed by atoms with Gasteiger partial charge in [0.2, 0.25) is 0 Å². The van der Waals surface area contributed by atoms with Crippen molar-refractivity contribution >= 4 is 23.9 Å². The molecule has 2 atom stereocenters. The highest BCUT2D eigenvalue weighted by Gasteiger charge is 2.31. The van der Waals surface area contributed by atoms with Crippen molar-refractivity contribution in [1.82, 2.24) is 0 Å². The van der Waals surface area contributed by atoms with Gasteiger partial charge in [-0.1, -0.05) is 33.8 Å². The molecule has 1 rings (SSSR count). The number of ether oxygens (including phenoxy) is 4. The molecule has 1 aromatic rings. The lowest BCUT2D eigenvalue weighted by Crippen LogP contribution is -2.36. The lowest BCUT2D eigenvalue weighted by molar-refractivity contribution is -0.161. The van der Waals surface area contributed by atoms with Gasteiger partial charge in [0.25, 0.3) is 0 Å². The number of nitrogens with two attached hydrogens (primary N) is 1. The molecule has 9 nitrogen and oxygen atoms in total. The lowest BCUT2D eigenvalue weighted by atomic mass is 9.90. The van der Waals surface area contributed by atoms with Crippen LogP contribution in [0.2, 0.25) is 0 Å². The highest BCUT2D eigenvalue weighted by molar-refractivity contribution is 5.81. The van der Waals surface area contributed by atoms with Crippen LogP contribution in [0.1, 0.15) is 80.7 Å². The maximum atomic E-state index is 12.8. The Morgan fingerprint density at radius 2 is 1.35 bits per heavy atom. The second-order valence-corrected chi connectivity index (χ2v) is 10.9. The van der Waals surface area contributed by atoms with Gasteiger partial charge in [0.15, 0.2) is 11.5 Å². The zero-order chi connectivity index (χ0) is 28.6. The van der Waals surface area contributed by atoms with Crippen LogP contribution in [-0.4, -0.2) is 42.6 Å². The molecule has 0 spiro atoms. The van der Waals surface area contributed by atoms with Crippen LogP contribution in [0.5, 0.6) is 11.5 Å². The summed E-state index contributed by atoms with van der Waals surface area (Å²) in [5.74, 6) is -2.11. The van der Waals surface area contributed by atoms with Crippen LogP contribution in [0, 0.1) is 16.7 Å². The second-order valence-electron chi connectivity index (χ2n) is 10.9. The molecular formula is C28H43NO8. The third-order valence-electron chi connectivity index (χ3n) is 6.29. The quantitative estimate of drug-likeness (QED) is 0.297. The van der Waals surface area contributed by atoms with E-state index in [2.05, 4.69) is 0 Å². The molecule has 0 saturated carbocycles. The van der Waals surface area contributed by atoms with E-state index in [-0.39, 0.29) is 36.4 Å². The normalized spacial score (nSPS) is 13.5. The fourth-order valence-electron chi connectivity index (χ4n) is 2.62. The van der Waals surface area contributed by atoms with E-state index in [1.165, 1.54) is 12.1 Å². The fraction of sp³-hybridized carbons (Fsp3) is 0.643. The molecule has 0 aliphatic carbocycles. The molecular weight excluding hydrogens is 478 g/mol. The van der Waals surface area contributed by atoms with Gasteiger partial charge >= 0.3 is 23.9 Å². The molecule has 9 heteroatoms. The van der Waals surface area contributed by atoms with Gasteiger partial charge in [0.05, 0.1) is 16.7 Å². The summed E-state index contributed by atoms with van der Waals surface area (Å²) in [5.41, 5.74) is 5.14. The summed E-state index contributed by atoms with van der Waals surface area (Å²) in [6.07, 6.45) is 0.578. The fourth-order valence-corrected chi connectivity index (χ4v) is 2.62. The van der Waals surface area contributed by atoms with Crippen LogP contribution in [0.15, 0.2) is 18.2 Å². The molecule has 0 fully saturated rings. The van der Waals surface area contributed by atoms with Gasteiger partial charge in [-0.3, -0.25) is 19.2 Å². The maximum Gasteiger partial charge on any atom is 0.323 e. The van der Waals surface area contributed by atoms with Gasteiger partial charge in [0.1, 0.15) is 18.8 Å². The first-order valence-corrected chi connectivity index (χ1v) is 12.7. The summed E-state index contributed by atoms with van der Waals surface area (Å²) in [6.45, 7) is 15.7. The van der Waals surface area contributed by atoms with Crippen LogP contribution < -0.4 is 15.2 Å². The molecule has 0 saturated heterocycles. The van der Waals surface area contributed by atoms with Crippen molar-refractivity contribution < 1.29 is 38.1 Å². The first kappa shape index (κ1) is 32.1. The van der Waals surface area contributed by atoms with Crippen LogP contribution in [-0.2, 0) is 35.1 Å². The average molecular weight is 522 g/mol. The van der Waals surface area contributed by atoms with Gasteiger partial charge < -0.3 is 24.7 Å². The third kappa shape index (κ3) is 9.80. The Balaban J connectivity index is 3.03. The molecule has 37 heavy (non-hydrogen) atoms. The van der Waals surface area contributed by atoms with Gasteiger partial charge in [-0.15, -0.1) is 0 Å². The standard InChI is InChI=1S/C28H43NO8/c1-10-27(6,7)25(32)36-21-13-12-19(15-22(21)37-26(33)28(8,9)11-2)14-20(29)24(31)34-16-18(5)35-23(30)17(3)4/h12-13,15,17-18,20H,10-11,14,16,29H2,1-9H3/t18-,20-/m0/s1. The highest BCUT2D eigenvalue weighted by Crippen LogP contribution is 2.34. The Hall–Kier alpha value is -2.94. The van der Waals surface area contributed by atoms with Crippen molar-refractivity contribution in [2.75, 3.05) is 6.61 Å². The van der Waals surface area contributed by atoms with Crippen LogP contribution >= 0.6 is 0 Å². The zero-order valence-electron chi connectivity index (χ0n) is 23.6. The van der Waals surface area contributed by atoms with Gasteiger partial charge in [-0.25, -0.2) is 0 Å². The molecule has 1 aromatic carbocycles. The molecule has 0 heterocycles. The monoisotopic (exact) mass is 521 g/mol. The zero-order valence-corrected chi connectivity index (χ0v) is 23.6. The largest absolute Gasteiger partial charge is 0.461 e. The minimum Gasteiger partial charge on any atom is -0.461 e. The number of carbonyl (C=O) groups is 4. The lowest BCUT2D eigenvalue weighted by Gasteiger charge is -2.23. The Morgan fingerprint density at radius 3 is 1.84 bits per heavy atom. The third-order valence-corrected chi connectivity index (χ3v) is 6.29. The molecule has 0 amide bonds. The molecule has 208 valence electrons. The van der Waals surface area contributed by atoms with E-state index in [0.29, 0.717) is 18.4 Å². The van der Waals surface area contributed by atoms with Crippen LogP contribution in [0.25, 0.3) is 0 Å². The minimum absolute atomic E-state index is 0.0686. The van der Waals surface area contributed by atoms with Crippen molar-refractivity contribution in [2.24, 2.45) is 22.5 Å². The topological polar surface area (TPSA) is 131 Å². The summed E-state index contributed by atoms with van der Waals surface area (Å²) in [6, 6.07) is 3.68. The van der Waals surface area contributed by atoms with Crippen molar-refractivity contribution in [1.29, 1.82) is 0 Å². The summed E-state index contributed by atoms with van der Waals surface area (Å²) in [4.78, 5) is 49.5. The highest BCUT2D eigenvalue weighted by atomic mass is 16.6.